The lowest BCUT2D eigenvalue weighted by atomic mass is 9.92. The summed E-state index contributed by atoms with van der Waals surface area (Å²) in [6.07, 6.45) is 0.917. The third-order valence-corrected chi connectivity index (χ3v) is 12.8. The zero-order chi connectivity index (χ0) is 37.0. The van der Waals surface area contributed by atoms with Crippen LogP contribution in [0.3, 0.4) is 0 Å². The first kappa shape index (κ1) is 32.6. The zero-order valence-corrected chi connectivity index (χ0v) is 31.6. The van der Waals surface area contributed by atoms with Crippen molar-refractivity contribution in [1.29, 1.82) is 0 Å². The van der Waals surface area contributed by atoms with Crippen molar-refractivity contribution >= 4 is 31.5 Å². The molecule has 0 aliphatic heterocycles. The molecule has 0 spiro atoms. The van der Waals surface area contributed by atoms with Crippen LogP contribution in [-0.4, -0.2) is 0 Å². The Labute approximate surface area is 331 Å². The van der Waals surface area contributed by atoms with Gasteiger partial charge in [-0.15, -0.1) is 11.3 Å². The minimum atomic E-state index is 0.917. The molecule has 1 heterocycles. The monoisotopic (exact) mass is 728 g/mol. The molecule has 0 atom stereocenters. The van der Waals surface area contributed by atoms with Crippen molar-refractivity contribution in [1.82, 2.24) is 0 Å². The first-order valence-electron chi connectivity index (χ1n) is 19.4. The van der Waals surface area contributed by atoms with E-state index < -0.39 is 0 Å². The maximum atomic E-state index is 2.35. The molecule has 0 unspecified atom stereocenters. The van der Waals surface area contributed by atoms with Gasteiger partial charge in [0.25, 0.3) is 0 Å². The maximum absolute atomic E-state index is 2.35. The Morgan fingerprint density at radius 2 is 0.679 bits per heavy atom. The molecule has 0 amide bonds. The van der Waals surface area contributed by atoms with Crippen LogP contribution in [0.4, 0.5) is 0 Å². The van der Waals surface area contributed by atoms with Crippen molar-refractivity contribution in [2.45, 2.75) is 6.42 Å². The van der Waals surface area contributed by atoms with E-state index in [0.717, 1.165) is 6.42 Å². The van der Waals surface area contributed by atoms with Crippen LogP contribution in [0.2, 0.25) is 0 Å². The van der Waals surface area contributed by atoms with Gasteiger partial charge in [0.2, 0.25) is 0 Å². The molecule has 9 aromatic carbocycles. The van der Waals surface area contributed by atoms with Crippen LogP contribution in [0.1, 0.15) is 11.1 Å². The minimum absolute atomic E-state index is 0.917. The molecule has 0 nitrogen and oxygen atoms in total. The molecule has 1 heteroatoms. The van der Waals surface area contributed by atoms with E-state index in [-0.39, 0.29) is 0 Å². The normalized spacial score (nSPS) is 11.9. The summed E-state index contributed by atoms with van der Waals surface area (Å²) in [6.45, 7) is 0. The number of fused-ring (bicyclic) bond motifs is 6. The Hall–Kier alpha value is -6.80. The molecule has 56 heavy (non-hydrogen) atoms. The van der Waals surface area contributed by atoms with E-state index in [0.29, 0.717) is 0 Å². The summed E-state index contributed by atoms with van der Waals surface area (Å²) >= 11 is 1.89. The Bertz CT molecular complexity index is 3070. The summed E-state index contributed by atoms with van der Waals surface area (Å²) in [7, 11) is 0. The smallest absolute Gasteiger partial charge is 0.0433 e. The second-order valence-electron chi connectivity index (χ2n) is 14.8. The van der Waals surface area contributed by atoms with Crippen LogP contribution >= 0.6 is 11.3 Å². The van der Waals surface area contributed by atoms with Gasteiger partial charge in [0.05, 0.1) is 0 Å². The molecule has 0 radical (unpaired) electrons. The topological polar surface area (TPSA) is 0 Å². The van der Waals surface area contributed by atoms with Crippen molar-refractivity contribution < 1.29 is 0 Å². The fourth-order valence-corrected chi connectivity index (χ4v) is 10.1. The van der Waals surface area contributed by atoms with Gasteiger partial charge in [-0.1, -0.05) is 188 Å². The molecule has 0 N–H and O–H groups in total. The number of rotatable bonds is 6. The summed E-state index contributed by atoms with van der Waals surface area (Å²) in [5, 5.41) is 2.67. The summed E-state index contributed by atoms with van der Waals surface area (Å²) in [5.41, 5.74) is 20.6. The second kappa shape index (κ2) is 13.5. The molecule has 262 valence electrons. The Balaban J connectivity index is 0.887. The van der Waals surface area contributed by atoms with E-state index in [2.05, 4.69) is 206 Å². The fraction of sp³-hybridized carbons (Fsp3) is 0.0182. The van der Waals surface area contributed by atoms with Gasteiger partial charge < -0.3 is 0 Å². The van der Waals surface area contributed by atoms with Crippen LogP contribution < -0.4 is 0 Å². The highest BCUT2D eigenvalue weighted by molar-refractivity contribution is 7.26. The van der Waals surface area contributed by atoms with Crippen molar-refractivity contribution in [3.05, 3.63) is 217 Å². The average molecular weight is 729 g/mol. The summed E-state index contributed by atoms with van der Waals surface area (Å²) in [6, 6.07) is 75.9. The van der Waals surface area contributed by atoms with Gasteiger partial charge in [-0.3, -0.25) is 0 Å². The molecule has 1 aliphatic carbocycles. The molecule has 0 bridgehead atoms. The Morgan fingerprint density at radius 1 is 0.268 bits per heavy atom. The molecule has 0 fully saturated rings. The van der Waals surface area contributed by atoms with Crippen molar-refractivity contribution in [3.8, 4) is 77.9 Å². The summed E-state index contributed by atoms with van der Waals surface area (Å²) in [5.74, 6) is 0. The first-order chi connectivity index (χ1) is 27.7. The SMILES string of the molecule is c1ccc(-c2ccc(-c3cccc(-c4cccc5c4Cc4c(-c6ccc(-c7cccc(-c8cccc9c8sc8ccccc89)c7)cc6)cccc4-5)c3)cc2)cc1. The van der Waals surface area contributed by atoms with Crippen LogP contribution in [0.15, 0.2) is 206 Å². The highest BCUT2D eigenvalue weighted by atomic mass is 32.1. The lowest BCUT2D eigenvalue weighted by Crippen LogP contribution is -1.90. The fourth-order valence-electron chi connectivity index (χ4n) is 8.81. The number of thiophene rings is 1. The van der Waals surface area contributed by atoms with Crippen LogP contribution in [-0.2, 0) is 6.42 Å². The van der Waals surface area contributed by atoms with Gasteiger partial charge >= 0.3 is 0 Å². The zero-order valence-electron chi connectivity index (χ0n) is 30.7. The van der Waals surface area contributed by atoms with E-state index in [1.54, 1.807) is 0 Å². The molecule has 11 rings (SSSR count). The second-order valence-corrected chi connectivity index (χ2v) is 15.9. The molecule has 0 saturated carbocycles. The molecule has 10 aromatic rings. The molecule has 0 saturated heterocycles. The predicted molar refractivity (Wildman–Crippen MR) is 240 cm³/mol. The lowest BCUT2D eigenvalue weighted by molar-refractivity contribution is 1.26. The summed E-state index contributed by atoms with van der Waals surface area (Å²) < 4.78 is 2.69. The van der Waals surface area contributed by atoms with Gasteiger partial charge in [-0.05, 0) is 114 Å². The Morgan fingerprint density at radius 3 is 1.34 bits per heavy atom. The van der Waals surface area contributed by atoms with E-state index in [1.807, 2.05) is 11.3 Å². The van der Waals surface area contributed by atoms with Gasteiger partial charge in [0.1, 0.15) is 0 Å². The molecule has 1 aromatic heterocycles. The molecule has 1 aliphatic rings. The maximum Gasteiger partial charge on any atom is 0.0433 e. The highest BCUT2D eigenvalue weighted by Crippen LogP contribution is 2.46. The van der Waals surface area contributed by atoms with E-state index in [4.69, 9.17) is 0 Å². The number of benzene rings is 9. The Kier molecular flexibility index (Phi) is 7.86. The van der Waals surface area contributed by atoms with Gasteiger partial charge in [-0.2, -0.15) is 0 Å². The largest absolute Gasteiger partial charge is 0.135 e. The predicted octanol–water partition coefficient (Wildman–Crippen LogP) is 15.6. The highest BCUT2D eigenvalue weighted by Gasteiger charge is 2.24. The minimum Gasteiger partial charge on any atom is -0.135 e. The first-order valence-corrected chi connectivity index (χ1v) is 20.2. The van der Waals surface area contributed by atoms with Gasteiger partial charge in [-0.25, -0.2) is 0 Å². The standard InChI is InChI=1S/C55H36S/c1-2-11-36(12-3-1)37-25-27-38(28-26-37)41-13-6-15-43(33-41)46-19-9-22-49-48-21-8-18-45(52(48)35-53(46)49)40-31-29-39(30-32-40)42-14-7-16-44(34-42)47-20-10-23-51-50-17-4-5-24-54(50)56-55(47)51/h1-34H,35H2. The number of hydrogen-bond donors (Lipinski definition) is 0. The van der Waals surface area contributed by atoms with Gasteiger partial charge in [0.15, 0.2) is 0 Å². The van der Waals surface area contributed by atoms with Crippen molar-refractivity contribution in [2.75, 3.05) is 0 Å². The average Bonchev–Trinajstić information content (AvgIpc) is 3.86. The van der Waals surface area contributed by atoms with Crippen molar-refractivity contribution in [2.24, 2.45) is 0 Å². The molecular formula is C55H36S. The van der Waals surface area contributed by atoms with Crippen molar-refractivity contribution in [3.63, 3.8) is 0 Å². The molecular weight excluding hydrogens is 693 g/mol. The van der Waals surface area contributed by atoms with Crippen LogP contribution in [0.5, 0.6) is 0 Å². The lowest BCUT2D eigenvalue weighted by Gasteiger charge is -2.12. The third-order valence-electron chi connectivity index (χ3n) is 11.6. The van der Waals surface area contributed by atoms with Crippen LogP contribution in [0.25, 0.3) is 98.1 Å². The number of hydrogen-bond acceptors (Lipinski definition) is 1. The van der Waals surface area contributed by atoms with E-state index >= 15 is 0 Å². The third kappa shape index (κ3) is 5.59. The van der Waals surface area contributed by atoms with E-state index in [1.165, 1.54) is 109 Å². The van der Waals surface area contributed by atoms with Crippen LogP contribution in [0, 0.1) is 0 Å². The van der Waals surface area contributed by atoms with E-state index in [9.17, 15) is 0 Å². The quantitative estimate of drug-likeness (QED) is 0.160. The summed E-state index contributed by atoms with van der Waals surface area (Å²) in [4.78, 5) is 0. The van der Waals surface area contributed by atoms with Gasteiger partial charge in [0, 0.05) is 20.2 Å².